The second kappa shape index (κ2) is 4.77. The summed E-state index contributed by atoms with van der Waals surface area (Å²) in [6.45, 7) is -0.334. The van der Waals surface area contributed by atoms with Crippen molar-refractivity contribution in [3.8, 4) is 0 Å². The summed E-state index contributed by atoms with van der Waals surface area (Å²) in [5, 5.41) is 28.4. The lowest BCUT2D eigenvalue weighted by Crippen LogP contribution is -2.32. The SMILES string of the molecule is OC[C@H]1OC(c2ncccc2Br)[C@H](O)[C@@H]1O. The number of rotatable bonds is 2. The van der Waals surface area contributed by atoms with Gasteiger partial charge in [0.2, 0.25) is 0 Å². The highest BCUT2D eigenvalue weighted by Gasteiger charge is 2.44. The summed E-state index contributed by atoms with van der Waals surface area (Å²) in [7, 11) is 0. The van der Waals surface area contributed by atoms with Crippen LogP contribution in [0.25, 0.3) is 0 Å². The van der Waals surface area contributed by atoms with Gasteiger partial charge in [-0.1, -0.05) is 0 Å². The van der Waals surface area contributed by atoms with Gasteiger partial charge >= 0.3 is 0 Å². The normalized spacial score (nSPS) is 34.2. The average Bonchev–Trinajstić information content (AvgIpc) is 2.57. The van der Waals surface area contributed by atoms with Crippen LogP contribution in [0.15, 0.2) is 22.8 Å². The van der Waals surface area contributed by atoms with Crippen LogP contribution in [-0.2, 0) is 4.74 Å². The van der Waals surface area contributed by atoms with Crippen molar-refractivity contribution < 1.29 is 20.1 Å². The molecule has 2 rings (SSSR count). The lowest BCUT2D eigenvalue weighted by Gasteiger charge is -2.14. The zero-order valence-corrected chi connectivity index (χ0v) is 9.91. The Bertz CT molecular complexity index is 376. The maximum absolute atomic E-state index is 9.79. The first kappa shape index (κ1) is 11.9. The summed E-state index contributed by atoms with van der Waals surface area (Å²) in [5.74, 6) is 0. The Kier molecular flexibility index (Phi) is 3.56. The molecule has 16 heavy (non-hydrogen) atoms. The van der Waals surface area contributed by atoms with Crippen LogP contribution in [0.2, 0.25) is 0 Å². The van der Waals surface area contributed by atoms with Crippen molar-refractivity contribution in [3.63, 3.8) is 0 Å². The fourth-order valence-electron chi connectivity index (χ4n) is 1.73. The first-order valence-corrected chi connectivity index (χ1v) is 5.67. The van der Waals surface area contributed by atoms with Crippen molar-refractivity contribution in [2.45, 2.75) is 24.4 Å². The summed E-state index contributed by atoms with van der Waals surface area (Å²) < 4.78 is 6.06. The number of aromatic nitrogens is 1. The van der Waals surface area contributed by atoms with Crippen LogP contribution in [0.5, 0.6) is 0 Å². The summed E-state index contributed by atoms with van der Waals surface area (Å²) in [6, 6.07) is 3.52. The molecule has 0 amide bonds. The molecule has 5 nitrogen and oxygen atoms in total. The molecule has 0 aromatic carbocycles. The molecule has 1 unspecified atom stereocenters. The maximum Gasteiger partial charge on any atom is 0.130 e. The van der Waals surface area contributed by atoms with Gasteiger partial charge in [-0.3, -0.25) is 4.98 Å². The molecule has 3 N–H and O–H groups in total. The van der Waals surface area contributed by atoms with Gasteiger partial charge in [0, 0.05) is 10.7 Å². The van der Waals surface area contributed by atoms with Crippen LogP contribution < -0.4 is 0 Å². The van der Waals surface area contributed by atoms with Gasteiger partial charge in [-0.25, -0.2) is 0 Å². The third-order valence-electron chi connectivity index (χ3n) is 2.60. The molecule has 88 valence electrons. The van der Waals surface area contributed by atoms with Gasteiger partial charge in [0.25, 0.3) is 0 Å². The van der Waals surface area contributed by atoms with E-state index >= 15 is 0 Å². The lowest BCUT2D eigenvalue weighted by atomic mass is 10.1. The smallest absolute Gasteiger partial charge is 0.130 e. The van der Waals surface area contributed by atoms with Crippen molar-refractivity contribution >= 4 is 15.9 Å². The molecule has 1 aromatic rings. The fraction of sp³-hybridized carbons (Fsp3) is 0.500. The summed E-state index contributed by atoms with van der Waals surface area (Å²) >= 11 is 3.30. The zero-order chi connectivity index (χ0) is 11.7. The largest absolute Gasteiger partial charge is 0.394 e. The molecule has 1 aromatic heterocycles. The van der Waals surface area contributed by atoms with Crippen LogP contribution >= 0.6 is 15.9 Å². The van der Waals surface area contributed by atoms with Crippen LogP contribution in [0, 0.1) is 0 Å². The minimum Gasteiger partial charge on any atom is -0.394 e. The second-order valence-corrected chi connectivity index (χ2v) is 4.48. The molecule has 1 fully saturated rings. The second-order valence-electron chi connectivity index (χ2n) is 3.63. The highest BCUT2D eigenvalue weighted by Crippen LogP contribution is 2.35. The number of nitrogens with zero attached hydrogens (tertiary/aromatic N) is 1. The van der Waals surface area contributed by atoms with Gasteiger partial charge in [0.15, 0.2) is 0 Å². The van der Waals surface area contributed by atoms with Gasteiger partial charge in [-0.2, -0.15) is 0 Å². The Morgan fingerprint density at radius 2 is 2.12 bits per heavy atom. The quantitative estimate of drug-likeness (QED) is 0.714. The Morgan fingerprint density at radius 1 is 1.38 bits per heavy atom. The van der Waals surface area contributed by atoms with Crippen molar-refractivity contribution in [1.29, 1.82) is 0 Å². The standard InChI is InChI=1S/C10H12BrNO4/c11-5-2-1-3-12-7(5)10-9(15)8(14)6(4-13)16-10/h1-3,6,8-10,13-15H,4H2/t6-,8-,9-,10?/m1/s1. The molecule has 0 spiro atoms. The van der Waals surface area contributed by atoms with Gasteiger partial charge in [0.1, 0.15) is 24.4 Å². The molecule has 0 aliphatic carbocycles. The monoisotopic (exact) mass is 289 g/mol. The van der Waals surface area contributed by atoms with Crippen molar-refractivity contribution in [3.05, 3.63) is 28.5 Å². The van der Waals surface area contributed by atoms with E-state index in [1.807, 2.05) is 0 Å². The van der Waals surface area contributed by atoms with E-state index in [2.05, 4.69) is 20.9 Å². The van der Waals surface area contributed by atoms with Crippen molar-refractivity contribution in [1.82, 2.24) is 4.98 Å². The minimum atomic E-state index is -1.09. The predicted molar refractivity (Wildman–Crippen MR) is 58.7 cm³/mol. The number of halogens is 1. The van der Waals surface area contributed by atoms with E-state index in [-0.39, 0.29) is 6.61 Å². The van der Waals surface area contributed by atoms with E-state index < -0.39 is 24.4 Å². The number of ether oxygens (including phenoxy) is 1. The Balaban J connectivity index is 2.26. The molecule has 6 heteroatoms. The predicted octanol–water partition coefficient (Wildman–Crippen LogP) is -0.00190. The first-order chi connectivity index (χ1) is 7.65. The number of hydrogen-bond donors (Lipinski definition) is 3. The van der Waals surface area contributed by atoms with Crippen LogP contribution in [-0.4, -0.2) is 45.2 Å². The van der Waals surface area contributed by atoms with E-state index in [0.29, 0.717) is 10.2 Å². The summed E-state index contributed by atoms with van der Waals surface area (Å²) in [5.41, 5.74) is 0.519. The summed E-state index contributed by atoms with van der Waals surface area (Å²) in [6.07, 6.45) is -2.08. The third kappa shape index (κ3) is 1.99. The molecule has 1 aliphatic rings. The van der Waals surface area contributed by atoms with Crippen molar-refractivity contribution in [2.75, 3.05) is 6.61 Å². The molecule has 4 atom stereocenters. The number of hydrogen-bond acceptors (Lipinski definition) is 5. The van der Waals surface area contributed by atoms with Gasteiger partial charge < -0.3 is 20.1 Å². The topological polar surface area (TPSA) is 82.8 Å². The van der Waals surface area contributed by atoms with Gasteiger partial charge in [-0.05, 0) is 28.1 Å². The molecule has 1 aliphatic heterocycles. The number of aliphatic hydroxyl groups is 3. The Labute approximate surface area is 101 Å². The molecule has 0 saturated carbocycles. The van der Waals surface area contributed by atoms with Crippen LogP contribution in [0.4, 0.5) is 0 Å². The Hall–Kier alpha value is -0.530. The molecule has 0 radical (unpaired) electrons. The molecule has 2 heterocycles. The van der Waals surface area contributed by atoms with Gasteiger partial charge in [-0.15, -0.1) is 0 Å². The highest BCUT2D eigenvalue weighted by atomic mass is 79.9. The summed E-state index contributed by atoms with van der Waals surface area (Å²) in [4.78, 5) is 4.09. The fourth-order valence-corrected chi connectivity index (χ4v) is 2.21. The maximum atomic E-state index is 9.79. The van der Waals surface area contributed by atoms with E-state index in [1.165, 1.54) is 0 Å². The molecule has 1 saturated heterocycles. The molecule has 0 bridgehead atoms. The number of aliphatic hydroxyl groups excluding tert-OH is 3. The molecular weight excluding hydrogens is 278 g/mol. The van der Waals surface area contributed by atoms with E-state index in [9.17, 15) is 10.2 Å². The van der Waals surface area contributed by atoms with Gasteiger partial charge in [0.05, 0.1) is 12.3 Å². The lowest BCUT2D eigenvalue weighted by molar-refractivity contribution is -0.0241. The van der Waals surface area contributed by atoms with E-state index in [4.69, 9.17) is 9.84 Å². The third-order valence-corrected chi connectivity index (χ3v) is 3.27. The van der Waals surface area contributed by atoms with Crippen LogP contribution in [0.3, 0.4) is 0 Å². The first-order valence-electron chi connectivity index (χ1n) is 4.88. The van der Waals surface area contributed by atoms with Crippen molar-refractivity contribution in [2.24, 2.45) is 0 Å². The Morgan fingerprint density at radius 3 is 2.69 bits per heavy atom. The average molecular weight is 290 g/mol. The zero-order valence-electron chi connectivity index (χ0n) is 8.32. The molecular formula is C10H12BrNO4. The highest BCUT2D eigenvalue weighted by molar-refractivity contribution is 9.10. The minimum absolute atomic E-state index is 0.334. The van der Waals surface area contributed by atoms with Crippen LogP contribution in [0.1, 0.15) is 11.8 Å². The van der Waals surface area contributed by atoms with E-state index in [0.717, 1.165) is 0 Å². The van der Waals surface area contributed by atoms with E-state index in [1.54, 1.807) is 18.3 Å². The number of pyridine rings is 1.